The van der Waals surface area contributed by atoms with E-state index in [0.717, 1.165) is 12.3 Å². The van der Waals surface area contributed by atoms with Crippen molar-refractivity contribution in [1.29, 1.82) is 0 Å². The minimum absolute atomic E-state index is 0.0531. The fourth-order valence-electron chi connectivity index (χ4n) is 1.60. The summed E-state index contributed by atoms with van der Waals surface area (Å²) in [6.07, 6.45) is 1.74. The van der Waals surface area contributed by atoms with Gasteiger partial charge in [-0.05, 0) is 18.9 Å². The zero-order chi connectivity index (χ0) is 12.1. The molecule has 0 saturated heterocycles. The van der Waals surface area contributed by atoms with E-state index in [-0.39, 0.29) is 5.56 Å². The molecule has 0 amide bonds. The second-order valence-corrected chi connectivity index (χ2v) is 6.06. The van der Waals surface area contributed by atoms with Crippen molar-refractivity contribution in [3.8, 4) is 5.75 Å². The molecule has 88 valence electrons. The Bertz CT molecular complexity index is 546. The van der Waals surface area contributed by atoms with Gasteiger partial charge in [-0.2, -0.15) is 0 Å². The van der Waals surface area contributed by atoms with Gasteiger partial charge in [-0.3, -0.25) is 0 Å². The Morgan fingerprint density at radius 1 is 1.38 bits per heavy atom. The molecule has 16 heavy (non-hydrogen) atoms. The molecule has 0 atom stereocenters. The average Bonchev–Trinajstić information content (AvgIpc) is 2.87. The van der Waals surface area contributed by atoms with E-state index in [1.165, 1.54) is 6.07 Å². The summed E-state index contributed by atoms with van der Waals surface area (Å²) in [5.74, 6) is -1.97. The van der Waals surface area contributed by atoms with Gasteiger partial charge in [0.1, 0.15) is 4.90 Å². The van der Waals surface area contributed by atoms with Crippen LogP contribution < -0.4 is 0 Å². The molecule has 4 nitrogen and oxygen atoms in total. The molecule has 1 saturated carbocycles. The van der Waals surface area contributed by atoms with Crippen LogP contribution in [0.5, 0.6) is 5.75 Å². The fraction of sp³-hybridized carbons (Fsp3) is 0.400. The Labute approximate surface area is 92.3 Å². The van der Waals surface area contributed by atoms with Gasteiger partial charge in [0, 0.05) is 11.8 Å². The lowest BCUT2D eigenvalue weighted by atomic mass is 10.1. The zero-order valence-corrected chi connectivity index (χ0v) is 9.38. The molecular formula is C10H11FO4S. The monoisotopic (exact) mass is 246 g/mol. The van der Waals surface area contributed by atoms with E-state index in [9.17, 15) is 23.0 Å². The van der Waals surface area contributed by atoms with Crippen LogP contribution in [-0.2, 0) is 15.4 Å². The van der Waals surface area contributed by atoms with E-state index < -0.39 is 31.9 Å². The predicted octanol–water partition coefficient (Wildman–Crippen LogP) is 0.916. The normalized spacial score (nSPS) is 18.4. The van der Waals surface area contributed by atoms with E-state index in [1.807, 2.05) is 0 Å². The summed E-state index contributed by atoms with van der Waals surface area (Å²) in [4.78, 5) is -0.557. The van der Waals surface area contributed by atoms with Crippen LogP contribution in [0.4, 0.5) is 4.39 Å². The van der Waals surface area contributed by atoms with E-state index >= 15 is 0 Å². The highest BCUT2D eigenvalue weighted by Crippen LogP contribution is 2.49. The number of phenols is 1. The van der Waals surface area contributed by atoms with Gasteiger partial charge >= 0.3 is 0 Å². The predicted molar refractivity (Wildman–Crippen MR) is 54.3 cm³/mol. The van der Waals surface area contributed by atoms with Crippen LogP contribution in [0.3, 0.4) is 0 Å². The van der Waals surface area contributed by atoms with Crippen molar-refractivity contribution in [2.24, 2.45) is 0 Å². The molecule has 0 heterocycles. The van der Waals surface area contributed by atoms with Crippen LogP contribution in [-0.4, -0.2) is 24.9 Å². The minimum Gasteiger partial charge on any atom is -0.505 e. The molecule has 2 N–H and O–H groups in total. The zero-order valence-electron chi connectivity index (χ0n) is 8.57. The molecular weight excluding hydrogens is 235 g/mol. The van der Waals surface area contributed by atoms with Gasteiger partial charge in [-0.25, -0.2) is 12.8 Å². The molecule has 6 heteroatoms. The highest BCUT2D eigenvalue weighted by atomic mass is 32.2. The third kappa shape index (κ3) is 1.68. The highest BCUT2D eigenvalue weighted by molar-refractivity contribution is 7.90. The quantitative estimate of drug-likeness (QED) is 0.813. The molecule has 1 fully saturated rings. The minimum atomic E-state index is -3.71. The van der Waals surface area contributed by atoms with Gasteiger partial charge < -0.3 is 10.2 Å². The van der Waals surface area contributed by atoms with Crippen LogP contribution in [0.1, 0.15) is 18.4 Å². The third-order valence-corrected chi connectivity index (χ3v) is 3.82. The average molecular weight is 246 g/mol. The Balaban J connectivity index is 2.62. The first-order valence-corrected chi connectivity index (χ1v) is 6.59. The largest absolute Gasteiger partial charge is 0.505 e. The van der Waals surface area contributed by atoms with Crippen molar-refractivity contribution in [3.05, 3.63) is 23.5 Å². The highest BCUT2D eigenvalue weighted by Gasteiger charge is 2.45. The van der Waals surface area contributed by atoms with Crippen LogP contribution in [0.25, 0.3) is 0 Å². The summed E-state index contributed by atoms with van der Waals surface area (Å²) < 4.78 is 35.9. The molecule has 1 aliphatic rings. The van der Waals surface area contributed by atoms with Crippen LogP contribution in [0.15, 0.2) is 17.0 Å². The standard InChI is InChI=1S/C10H11FO4S/c1-16(14,15)7-3-2-6(9(12)8(7)11)10(13)4-5-10/h2-3,12-13H,4-5H2,1H3. The van der Waals surface area contributed by atoms with Gasteiger partial charge in [-0.1, -0.05) is 6.07 Å². The number of halogens is 1. The first-order chi connectivity index (χ1) is 7.26. The Hall–Kier alpha value is -1.14. The molecule has 1 aromatic carbocycles. The summed E-state index contributed by atoms with van der Waals surface area (Å²) in [5.41, 5.74) is -1.14. The molecule has 0 radical (unpaired) electrons. The number of phenolic OH excluding ortho intramolecular Hbond substituents is 1. The number of hydrogen-bond donors (Lipinski definition) is 2. The molecule has 0 aliphatic heterocycles. The van der Waals surface area contributed by atoms with E-state index in [2.05, 4.69) is 0 Å². The van der Waals surface area contributed by atoms with Crippen molar-refractivity contribution in [2.75, 3.05) is 6.26 Å². The molecule has 0 aromatic heterocycles. The Kier molecular flexibility index (Phi) is 2.25. The van der Waals surface area contributed by atoms with Crippen molar-refractivity contribution in [3.63, 3.8) is 0 Å². The lowest BCUT2D eigenvalue weighted by Crippen LogP contribution is -2.08. The van der Waals surface area contributed by atoms with Crippen molar-refractivity contribution in [2.45, 2.75) is 23.3 Å². The number of sulfone groups is 1. The lowest BCUT2D eigenvalue weighted by molar-refractivity contribution is 0.146. The molecule has 2 rings (SSSR count). The maximum atomic E-state index is 13.6. The Morgan fingerprint density at radius 3 is 2.38 bits per heavy atom. The van der Waals surface area contributed by atoms with Gasteiger partial charge in [0.15, 0.2) is 21.4 Å². The number of aromatic hydroxyl groups is 1. The maximum Gasteiger partial charge on any atom is 0.183 e. The van der Waals surface area contributed by atoms with Crippen molar-refractivity contribution < 1.29 is 23.0 Å². The summed E-state index contributed by atoms with van der Waals surface area (Å²) in [7, 11) is -3.71. The molecule has 0 spiro atoms. The topological polar surface area (TPSA) is 74.6 Å². The molecule has 1 aromatic rings. The number of rotatable bonds is 2. The van der Waals surface area contributed by atoms with E-state index in [1.54, 1.807) is 0 Å². The van der Waals surface area contributed by atoms with Crippen LogP contribution >= 0.6 is 0 Å². The summed E-state index contributed by atoms with van der Waals surface area (Å²) in [6.45, 7) is 0. The first-order valence-electron chi connectivity index (χ1n) is 4.70. The summed E-state index contributed by atoms with van der Waals surface area (Å²) in [6, 6.07) is 2.32. The second kappa shape index (κ2) is 3.18. The molecule has 1 aliphatic carbocycles. The van der Waals surface area contributed by atoms with Crippen LogP contribution in [0.2, 0.25) is 0 Å². The van der Waals surface area contributed by atoms with E-state index in [0.29, 0.717) is 12.8 Å². The van der Waals surface area contributed by atoms with Gasteiger partial charge in [-0.15, -0.1) is 0 Å². The Morgan fingerprint density at radius 2 is 1.94 bits per heavy atom. The SMILES string of the molecule is CS(=O)(=O)c1ccc(C2(O)CC2)c(O)c1F. The van der Waals surface area contributed by atoms with Gasteiger partial charge in [0.2, 0.25) is 0 Å². The lowest BCUT2D eigenvalue weighted by Gasteiger charge is -2.12. The van der Waals surface area contributed by atoms with Crippen LogP contribution in [0, 0.1) is 5.82 Å². The number of hydrogen-bond acceptors (Lipinski definition) is 4. The van der Waals surface area contributed by atoms with E-state index in [4.69, 9.17) is 0 Å². The van der Waals surface area contributed by atoms with Gasteiger partial charge in [0.05, 0.1) is 5.60 Å². The van der Waals surface area contributed by atoms with Crippen molar-refractivity contribution >= 4 is 9.84 Å². The molecule has 0 unspecified atom stereocenters. The summed E-state index contributed by atoms with van der Waals surface area (Å²) >= 11 is 0. The smallest absolute Gasteiger partial charge is 0.183 e. The number of benzene rings is 1. The third-order valence-electron chi connectivity index (χ3n) is 2.71. The fourth-order valence-corrected chi connectivity index (χ4v) is 2.33. The summed E-state index contributed by atoms with van der Waals surface area (Å²) in [5, 5.41) is 19.2. The number of aliphatic hydroxyl groups is 1. The van der Waals surface area contributed by atoms with Gasteiger partial charge in [0.25, 0.3) is 0 Å². The van der Waals surface area contributed by atoms with Crippen molar-refractivity contribution in [1.82, 2.24) is 0 Å². The second-order valence-electron chi connectivity index (χ2n) is 4.08. The first kappa shape index (κ1) is 11.3. The molecule has 0 bridgehead atoms. The maximum absolute atomic E-state index is 13.6.